The third kappa shape index (κ3) is 4.48. The second-order valence-electron chi connectivity index (χ2n) is 8.32. The SMILES string of the molecule is COc1cc(S(=O)(=O)N2CCOCC2)ccc1Nc1nc(NCC2CCC2)c2cc[nH]c2n1. The molecule has 3 aromatic rings. The molecule has 10 nitrogen and oxygen atoms in total. The van der Waals surface area contributed by atoms with Gasteiger partial charge in [0.15, 0.2) is 0 Å². The zero-order valence-corrected chi connectivity index (χ0v) is 19.3. The van der Waals surface area contributed by atoms with E-state index in [0.29, 0.717) is 55.3 Å². The van der Waals surface area contributed by atoms with Gasteiger partial charge in [0.1, 0.15) is 17.2 Å². The number of H-pyrrole nitrogens is 1. The van der Waals surface area contributed by atoms with E-state index >= 15 is 0 Å². The van der Waals surface area contributed by atoms with Gasteiger partial charge in [0, 0.05) is 31.9 Å². The lowest BCUT2D eigenvalue weighted by Crippen LogP contribution is -2.40. The first-order valence-electron chi connectivity index (χ1n) is 11.2. The number of benzene rings is 1. The van der Waals surface area contributed by atoms with E-state index in [2.05, 4.69) is 25.6 Å². The number of ether oxygens (including phenoxy) is 2. The number of aromatic amines is 1. The second kappa shape index (κ2) is 9.16. The summed E-state index contributed by atoms with van der Waals surface area (Å²) in [6, 6.07) is 6.72. The highest BCUT2D eigenvalue weighted by Gasteiger charge is 2.27. The fourth-order valence-electron chi connectivity index (χ4n) is 4.06. The van der Waals surface area contributed by atoms with Crippen LogP contribution in [0.3, 0.4) is 0 Å². The van der Waals surface area contributed by atoms with Gasteiger partial charge in [0.05, 0.1) is 36.3 Å². The summed E-state index contributed by atoms with van der Waals surface area (Å²) in [7, 11) is -2.12. The van der Waals surface area contributed by atoms with E-state index < -0.39 is 10.0 Å². The molecule has 3 heterocycles. The molecule has 33 heavy (non-hydrogen) atoms. The lowest BCUT2D eigenvalue weighted by molar-refractivity contribution is 0.0730. The van der Waals surface area contributed by atoms with Gasteiger partial charge in [-0.3, -0.25) is 0 Å². The second-order valence-corrected chi connectivity index (χ2v) is 10.3. The van der Waals surface area contributed by atoms with Crippen LogP contribution < -0.4 is 15.4 Å². The van der Waals surface area contributed by atoms with Crippen LogP contribution in [0.4, 0.5) is 17.5 Å². The lowest BCUT2D eigenvalue weighted by Gasteiger charge is -2.26. The lowest BCUT2D eigenvalue weighted by atomic mass is 9.85. The van der Waals surface area contributed by atoms with Crippen LogP contribution in [0.15, 0.2) is 35.4 Å². The molecule has 5 rings (SSSR count). The van der Waals surface area contributed by atoms with E-state index in [9.17, 15) is 8.42 Å². The van der Waals surface area contributed by atoms with Gasteiger partial charge in [-0.25, -0.2) is 8.42 Å². The molecule has 2 aliphatic rings. The van der Waals surface area contributed by atoms with Crippen molar-refractivity contribution in [1.29, 1.82) is 0 Å². The number of hydrogen-bond donors (Lipinski definition) is 3. The summed E-state index contributed by atoms with van der Waals surface area (Å²) in [4.78, 5) is 12.5. The highest BCUT2D eigenvalue weighted by atomic mass is 32.2. The first-order valence-corrected chi connectivity index (χ1v) is 12.6. The van der Waals surface area contributed by atoms with Crippen molar-refractivity contribution >= 4 is 38.5 Å². The number of morpholine rings is 1. The Balaban J connectivity index is 1.40. The van der Waals surface area contributed by atoms with Crippen molar-refractivity contribution in [2.45, 2.75) is 24.2 Å². The van der Waals surface area contributed by atoms with Crippen LogP contribution in [-0.2, 0) is 14.8 Å². The molecule has 2 fully saturated rings. The molecule has 0 spiro atoms. The van der Waals surface area contributed by atoms with E-state index in [1.54, 1.807) is 12.1 Å². The van der Waals surface area contributed by atoms with Gasteiger partial charge in [0.2, 0.25) is 16.0 Å². The topological polar surface area (TPSA) is 121 Å². The maximum Gasteiger partial charge on any atom is 0.243 e. The molecular formula is C22H28N6O4S. The molecule has 176 valence electrons. The number of rotatable bonds is 8. The number of nitrogens with zero attached hydrogens (tertiary/aromatic N) is 3. The largest absolute Gasteiger partial charge is 0.495 e. The van der Waals surface area contributed by atoms with Crippen molar-refractivity contribution in [2.75, 3.05) is 50.6 Å². The number of anilines is 3. The standard InChI is InChI=1S/C22H28N6O4S/c1-31-19-13-16(33(29,30)28-9-11-32-12-10-28)5-6-18(19)25-22-26-20-17(7-8-23-20)21(27-22)24-14-15-3-2-4-15/h5-8,13,15H,2-4,9-12,14H2,1H3,(H3,23,24,25,26,27). The molecule has 1 aromatic carbocycles. The molecule has 0 atom stereocenters. The molecule has 1 saturated heterocycles. The summed E-state index contributed by atoms with van der Waals surface area (Å²) in [5.41, 5.74) is 1.29. The van der Waals surface area contributed by atoms with Crippen LogP contribution in [0, 0.1) is 5.92 Å². The maximum atomic E-state index is 13.0. The molecule has 1 saturated carbocycles. The normalized spacial score (nSPS) is 17.6. The third-order valence-corrected chi connectivity index (χ3v) is 8.12. The number of nitrogens with one attached hydrogen (secondary N) is 3. The summed E-state index contributed by atoms with van der Waals surface area (Å²) in [6.45, 7) is 2.35. The average molecular weight is 473 g/mol. The van der Waals surface area contributed by atoms with Crippen molar-refractivity contribution in [3.63, 3.8) is 0 Å². The first kappa shape index (κ1) is 21.9. The molecule has 2 aromatic heterocycles. The Morgan fingerprint density at radius 3 is 2.76 bits per heavy atom. The first-order chi connectivity index (χ1) is 16.0. The Labute approximate surface area is 192 Å². The van der Waals surface area contributed by atoms with Gasteiger partial charge in [-0.15, -0.1) is 0 Å². The molecule has 1 aliphatic heterocycles. The van der Waals surface area contributed by atoms with E-state index in [4.69, 9.17) is 9.47 Å². The fraction of sp³-hybridized carbons (Fsp3) is 0.455. The monoisotopic (exact) mass is 472 g/mol. The molecule has 3 N–H and O–H groups in total. The number of sulfonamides is 1. The summed E-state index contributed by atoms with van der Waals surface area (Å²) in [5, 5.41) is 7.57. The average Bonchev–Trinajstić information content (AvgIpc) is 3.27. The van der Waals surface area contributed by atoms with Crippen LogP contribution in [0.1, 0.15) is 19.3 Å². The highest BCUT2D eigenvalue weighted by molar-refractivity contribution is 7.89. The van der Waals surface area contributed by atoms with Crippen LogP contribution >= 0.6 is 0 Å². The third-order valence-electron chi connectivity index (χ3n) is 6.23. The predicted octanol–water partition coefficient (Wildman–Crippen LogP) is 2.94. The van der Waals surface area contributed by atoms with E-state index in [1.165, 1.54) is 36.7 Å². The van der Waals surface area contributed by atoms with Crippen molar-refractivity contribution in [1.82, 2.24) is 19.3 Å². The minimum absolute atomic E-state index is 0.176. The summed E-state index contributed by atoms with van der Waals surface area (Å²) in [5.74, 6) is 2.24. The molecular weight excluding hydrogens is 444 g/mol. The summed E-state index contributed by atoms with van der Waals surface area (Å²) in [6.07, 6.45) is 5.62. The number of hydrogen-bond acceptors (Lipinski definition) is 8. The maximum absolute atomic E-state index is 13.0. The van der Waals surface area contributed by atoms with E-state index in [0.717, 1.165) is 17.7 Å². The van der Waals surface area contributed by atoms with Crippen molar-refractivity contribution in [3.8, 4) is 5.75 Å². The number of methoxy groups -OCH3 is 1. The quantitative estimate of drug-likeness (QED) is 0.458. The molecule has 1 aliphatic carbocycles. The fourth-order valence-corrected chi connectivity index (χ4v) is 5.49. The molecule has 0 bridgehead atoms. The zero-order valence-electron chi connectivity index (χ0n) is 18.5. The Morgan fingerprint density at radius 1 is 1.21 bits per heavy atom. The molecule has 0 amide bonds. The van der Waals surface area contributed by atoms with Crippen LogP contribution in [0.25, 0.3) is 11.0 Å². The summed E-state index contributed by atoms with van der Waals surface area (Å²) >= 11 is 0. The van der Waals surface area contributed by atoms with Crippen LogP contribution in [0.5, 0.6) is 5.75 Å². The molecule has 0 radical (unpaired) electrons. The van der Waals surface area contributed by atoms with Gasteiger partial charge in [-0.2, -0.15) is 14.3 Å². The van der Waals surface area contributed by atoms with Gasteiger partial charge in [-0.05, 0) is 37.0 Å². The van der Waals surface area contributed by atoms with Crippen molar-refractivity contribution < 1.29 is 17.9 Å². The minimum Gasteiger partial charge on any atom is -0.495 e. The van der Waals surface area contributed by atoms with Crippen LogP contribution in [0.2, 0.25) is 0 Å². The molecule has 0 unspecified atom stereocenters. The van der Waals surface area contributed by atoms with Crippen molar-refractivity contribution in [2.24, 2.45) is 5.92 Å². The number of aromatic nitrogens is 3. The summed E-state index contributed by atoms with van der Waals surface area (Å²) < 4.78 is 38.2. The predicted molar refractivity (Wildman–Crippen MR) is 126 cm³/mol. The van der Waals surface area contributed by atoms with E-state index in [1.807, 2.05) is 12.3 Å². The Morgan fingerprint density at radius 2 is 2.03 bits per heavy atom. The van der Waals surface area contributed by atoms with Gasteiger partial charge in [-0.1, -0.05) is 6.42 Å². The highest BCUT2D eigenvalue weighted by Crippen LogP contribution is 2.32. The minimum atomic E-state index is -3.63. The van der Waals surface area contributed by atoms with Crippen LogP contribution in [-0.4, -0.2) is 67.6 Å². The molecule has 11 heteroatoms. The van der Waals surface area contributed by atoms with Gasteiger partial charge < -0.3 is 25.1 Å². The smallest absolute Gasteiger partial charge is 0.243 e. The Kier molecular flexibility index (Phi) is 6.09. The number of fused-ring (bicyclic) bond motifs is 1. The zero-order chi connectivity index (χ0) is 22.8. The Hall–Kier alpha value is -2.89. The Bertz CT molecular complexity index is 1230. The van der Waals surface area contributed by atoms with Gasteiger partial charge >= 0.3 is 0 Å². The van der Waals surface area contributed by atoms with E-state index in [-0.39, 0.29) is 4.90 Å². The van der Waals surface area contributed by atoms with Crippen molar-refractivity contribution in [3.05, 3.63) is 30.5 Å². The van der Waals surface area contributed by atoms with Gasteiger partial charge in [0.25, 0.3) is 0 Å².